The Balaban J connectivity index is 1.50. The molecule has 0 aliphatic rings. The number of carbonyl (C=O) groups excluding carboxylic acids is 3. The molecule has 3 rings (SSSR count). The van der Waals surface area contributed by atoms with Gasteiger partial charge in [-0.1, -0.05) is 24.3 Å². The summed E-state index contributed by atoms with van der Waals surface area (Å²) in [6.07, 6.45) is 1.52. The molecule has 3 amide bonds. The highest BCUT2D eigenvalue weighted by molar-refractivity contribution is 5.92. The molecule has 0 radical (unpaired) electrons. The van der Waals surface area contributed by atoms with Gasteiger partial charge in [-0.3, -0.25) is 14.4 Å². The molecule has 0 aliphatic carbocycles. The van der Waals surface area contributed by atoms with Gasteiger partial charge in [0, 0.05) is 0 Å². The van der Waals surface area contributed by atoms with Crippen LogP contribution in [0.5, 0.6) is 17.2 Å². The molecule has 210 valence electrons. The molecule has 3 aromatic rings. The van der Waals surface area contributed by atoms with Crippen LogP contribution in [0.15, 0.2) is 71.8 Å². The molecule has 0 spiro atoms. The zero-order chi connectivity index (χ0) is 28.9. The van der Waals surface area contributed by atoms with Crippen LogP contribution in [-0.2, 0) is 20.8 Å². The summed E-state index contributed by atoms with van der Waals surface area (Å²) in [5.41, 5.74) is 3.82. The number of hydrogen-bond acceptors (Lipinski definition) is 7. The van der Waals surface area contributed by atoms with E-state index in [0.29, 0.717) is 29.4 Å². The quantitative estimate of drug-likeness (QED) is 0.221. The molecule has 3 N–H and O–H groups in total. The second kappa shape index (κ2) is 14.9. The van der Waals surface area contributed by atoms with Crippen LogP contribution in [0.2, 0.25) is 0 Å². The van der Waals surface area contributed by atoms with Gasteiger partial charge in [0.2, 0.25) is 5.91 Å². The van der Waals surface area contributed by atoms with Crippen molar-refractivity contribution in [3.8, 4) is 17.2 Å². The SMILES string of the molecule is CCOc1cc(C=NNC(=O)C(C)NC(=O)Cc2ccc(OC)cc2)ccc1OCC(=O)Nc1ccccc1F. The van der Waals surface area contributed by atoms with Gasteiger partial charge in [0.05, 0.1) is 32.0 Å². The number of nitrogens with zero attached hydrogens (tertiary/aromatic N) is 1. The number of halogens is 1. The van der Waals surface area contributed by atoms with E-state index in [-0.39, 0.29) is 24.6 Å². The van der Waals surface area contributed by atoms with Crippen molar-refractivity contribution in [3.63, 3.8) is 0 Å². The van der Waals surface area contributed by atoms with Gasteiger partial charge in [-0.25, -0.2) is 9.82 Å². The molecule has 0 heterocycles. The summed E-state index contributed by atoms with van der Waals surface area (Å²) in [7, 11) is 1.56. The fraction of sp³-hybridized carbons (Fsp3) is 0.241. The molecule has 3 aromatic carbocycles. The molecule has 0 saturated heterocycles. The highest BCUT2D eigenvalue weighted by Crippen LogP contribution is 2.28. The van der Waals surface area contributed by atoms with Crippen molar-refractivity contribution in [1.82, 2.24) is 10.7 Å². The minimum atomic E-state index is -0.812. The highest BCUT2D eigenvalue weighted by atomic mass is 19.1. The van der Waals surface area contributed by atoms with Gasteiger partial charge in [-0.05, 0) is 67.4 Å². The van der Waals surface area contributed by atoms with E-state index in [0.717, 1.165) is 5.56 Å². The minimum Gasteiger partial charge on any atom is -0.497 e. The number of anilines is 1. The number of benzene rings is 3. The van der Waals surface area contributed by atoms with Gasteiger partial charge in [0.15, 0.2) is 18.1 Å². The Labute approximate surface area is 231 Å². The predicted octanol–water partition coefficient (Wildman–Crippen LogP) is 3.45. The Hall–Kier alpha value is -4.93. The topological polar surface area (TPSA) is 127 Å². The predicted molar refractivity (Wildman–Crippen MR) is 148 cm³/mol. The number of hydrazone groups is 1. The van der Waals surface area contributed by atoms with Gasteiger partial charge in [-0.15, -0.1) is 0 Å². The van der Waals surface area contributed by atoms with Crippen LogP contribution in [0.1, 0.15) is 25.0 Å². The third-order valence-corrected chi connectivity index (χ3v) is 5.46. The normalized spacial score (nSPS) is 11.4. The van der Waals surface area contributed by atoms with E-state index in [1.165, 1.54) is 24.4 Å². The first kappa shape index (κ1) is 29.6. The molecule has 10 nitrogen and oxygen atoms in total. The van der Waals surface area contributed by atoms with E-state index < -0.39 is 23.7 Å². The average Bonchev–Trinajstić information content (AvgIpc) is 2.94. The smallest absolute Gasteiger partial charge is 0.262 e. The fourth-order valence-electron chi connectivity index (χ4n) is 3.44. The molecular weight excluding hydrogens is 519 g/mol. The summed E-state index contributed by atoms with van der Waals surface area (Å²) in [5.74, 6) is -0.538. The number of ether oxygens (including phenoxy) is 3. The van der Waals surface area contributed by atoms with Crippen molar-refractivity contribution >= 4 is 29.6 Å². The standard InChI is InChI=1S/C29H31FN4O6/c1-4-39-26-15-21(11-14-25(26)40-18-28(36)33-24-8-6-5-7-23(24)30)17-31-34-29(37)19(2)32-27(35)16-20-9-12-22(38-3)13-10-20/h5-15,17,19H,4,16,18H2,1-3H3,(H,32,35)(H,33,36)(H,34,37). The zero-order valence-electron chi connectivity index (χ0n) is 22.4. The summed E-state index contributed by atoms with van der Waals surface area (Å²) in [6, 6.07) is 17.0. The molecule has 0 saturated carbocycles. The lowest BCUT2D eigenvalue weighted by Crippen LogP contribution is -2.43. The number of methoxy groups -OCH3 is 1. The van der Waals surface area contributed by atoms with E-state index in [4.69, 9.17) is 14.2 Å². The van der Waals surface area contributed by atoms with Crippen LogP contribution < -0.4 is 30.3 Å². The Morgan fingerprint density at radius 3 is 2.42 bits per heavy atom. The summed E-state index contributed by atoms with van der Waals surface area (Å²) in [6.45, 7) is 3.32. The number of hydrogen-bond donors (Lipinski definition) is 3. The molecule has 1 atom stereocenters. The van der Waals surface area contributed by atoms with Crippen molar-refractivity contribution < 1.29 is 33.0 Å². The van der Waals surface area contributed by atoms with Crippen LogP contribution in [0, 0.1) is 5.82 Å². The van der Waals surface area contributed by atoms with Gasteiger partial charge in [-0.2, -0.15) is 5.10 Å². The number of nitrogens with one attached hydrogen (secondary N) is 3. The van der Waals surface area contributed by atoms with Crippen molar-refractivity contribution in [2.24, 2.45) is 5.10 Å². The second-order valence-corrected chi connectivity index (χ2v) is 8.50. The van der Waals surface area contributed by atoms with Crippen LogP contribution in [0.3, 0.4) is 0 Å². The van der Waals surface area contributed by atoms with E-state index in [2.05, 4.69) is 21.2 Å². The zero-order valence-corrected chi connectivity index (χ0v) is 22.4. The molecule has 0 bridgehead atoms. The van der Waals surface area contributed by atoms with Crippen LogP contribution in [-0.4, -0.2) is 50.3 Å². The summed E-state index contributed by atoms with van der Waals surface area (Å²) >= 11 is 0. The summed E-state index contributed by atoms with van der Waals surface area (Å²) < 4.78 is 30.0. The van der Waals surface area contributed by atoms with Crippen LogP contribution in [0.25, 0.3) is 0 Å². The molecule has 40 heavy (non-hydrogen) atoms. The van der Waals surface area contributed by atoms with Gasteiger partial charge >= 0.3 is 0 Å². The number of carbonyl (C=O) groups is 3. The Morgan fingerprint density at radius 2 is 1.73 bits per heavy atom. The molecule has 0 fully saturated rings. The first-order valence-corrected chi connectivity index (χ1v) is 12.5. The Kier molecular flexibility index (Phi) is 11.0. The maximum Gasteiger partial charge on any atom is 0.262 e. The first-order valence-electron chi connectivity index (χ1n) is 12.5. The van der Waals surface area contributed by atoms with E-state index in [1.807, 2.05) is 0 Å². The van der Waals surface area contributed by atoms with Gasteiger partial charge < -0.3 is 24.8 Å². The molecular formula is C29H31FN4O6. The lowest BCUT2D eigenvalue weighted by Gasteiger charge is -2.13. The van der Waals surface area contributed by atoms with Gasteiger partial charge in [0.1, 0.15) is 17.6 Å². The molecule has 1 unspecified atom stereocenters. The third-order valence-electron chi connectivity index (χ3n) is 5.46. The highest BCUT2D eigenvalue weighted by Gasteiger charge is 2.16. The Bertz CT molecular complexity index is 1350. The summed E-state index contributed by atoms with van der Waals surface area (Å²) in [4.78, 5) is 36.8. The van der Waals surface area contributed by atoms with Crippen molar-refractivity contribution in [2.45, 2.75) is 26.3 Å². The molecule has 11 heteroatoms. The van der Waals surface area contributed by atoms with Crippen LogP contribution in [0.4, 0.5) is 10.1 Å². The third kappa shape index (κ3) is 9.12. The average molecular weight is 551 g/mol. The lowest BCUT2D eigenvalue weighted by atomic mass is 10.1. The number of para-hydroxylation sites is 1. The van der Waals surface area contributed by atoms with Crippen molar-refractivity contribution in [3.05, 3.63) is 83.7 Å². The molecule has 0 aliphatic heterocycles. The fourth-order valence-corrected chi connectivity index (χ4v) is 3.44. The summed E-state index contributed by atoms with van der Waals surface area (Å²) in [5, 5.41) is 9.03. The van der Waals surface area contributed by atoms with Crippen LogP contribution >= 0.6 is 0 Å². The van der Waals surface area contributed by atoms with Crippen molar-refractivity contribution in [2.75, 3.05) is 25.6 Å². The van der Waals surface area contributed by atoms with E-state index in [9.17, 15) is 18.8 Å². The molecule has 0 aromatic heterocycles. The first-order chi connectivity index (χ1) is 19.3. The van der Waals surface area contributed by atoms with Gasteiger partial charge in [0.25, 0.3) is 11.8 Å². The largest absolute Gasteiger partial charge is 0.497 e. The van der Waals surface area contributed by atoms with E-state index >= 15 is 0 Å². The minimum absolute atomic E-state index is 0.0564. The maximum atomic E-state index is 13.7. The number of amides is 3. The second-order valence-electron chi connectivity index (χ2n) is 8.50. The Morgan fingerprint density at radius 1 is 0.975 bits per heavy atom. The monoisotopic (exact) mass is 550 g/mol. The van der Waals surface area contributed by atoms with Crippen molar-refractivity contribution in [1.29, 1.82) is 0 Å². The maximum absolute atomic E-state index is 13.7. The lowest BCUT2D eigenvalue weighted by molar-refractivity contribution is -0.128. The number of rotatable bonds is 13. The van der Waals surface area contributed by atoms with E-state index in [1.54, 1.807) is 69.5 Å².